The van der Waals surface area contributed by atoms with Crippen molar-refractivity contribution in [3.8, 4) is 11.5 Å². The Bertz CT molecular complexity index is 1080. The molecule has 2 amide bonds. The Labute approximate surface area is 249 Å². The molecule has 3 atom stereocenters. The highest BCUT2D eigenvalue weighted by Gasteiger charge is 2.45. The standard InChI is InChI=1S/C30H41IN2O7/c1-39-26-15-19(18-35)14-23(31)28(26)40-25-17-21(29(37)32-12-13-34)16-24(27(25)36)33(22-10-4-2-3-5-11-22)30(38)20-8-6-7-9-20/h14-15,17-18,20,22,24-25,27,34,36H,2-13,16H2,1H3,(H,32,37). The maximum Gasteiger partial charge on any atom is 0.247 e. The van der Waals surface area contributed by atoms with E-state index in [0.717, 1.165) is 70.5 Å². The van der Waals surface area contributed by atoms with Crippen LogP contribution in [0.4, 0.5) is 0 Å². The van der Waals surface area contributed by atoms with Crippen LogP contribution in [0, 0.1) is 9.49 Å². The van der Waals surface area contributed by atoms with Gasteiger partial charge in [0, 0.05) is 36.1 Å². The fraction of sp³-hybridized carbons (Fsp3) is 0.633. The van der Waals surface area contributed by atoms with Gasteiger partial charge < -0.3 is 29.9 Å². The van der Waals surface area contributed by atoms with Gasteiger partial charge in [-0.25, -0.2) is 0 Å². The Balaban J connectivity index is 1.72. The number of ether oxygens (including phenoxy) is 2. The van der Waals surface area contributed by atoms with Gasteiger partial charge in [-0.2, -0.15) is 0 Å². The smallest absolute Gasteiger partial charge is 0.247 e. The molecule has 0 aromatic heterocycles. The van der Waals surface area contributed by atoms with Crippen LogP contribution in [0.3, 0.4) is 0 Å². The molecule has 40 heavy (non-hydrogen) atoms. The third-order valence-corrected chi connectivity index (χ3v) is 9.19. The van der Waals surface area contributed by atoms with Crippen molar-refractivity contribution < 1.29 is 34.1 Å². The van der Waals surface area contributed by atoms with E-state index in [9.17, 15) is 24.6 Å². The first-order chi connectivity index (χ1) is 19.4. The van der Waals surface area contributed by atoms with E-state index in [4.69, 9.17) is 9.47 Å². The van der Waals surface area contributed by atoms with Crippen LogP contribution in [0.1, 0.15) is 81.0 Å². The summed E-state index contributed by atoms with van der Waals surface area (Å²) in [5.74, 6) is 0.348. The molecule has 3 aliphatic rings. The summed E-state index contributed by atoms with van der Waals surface area (Å²) >= 11 is 2.05. The number of carbonyl (C=O) groups excluding carboxylic acids is 3. The van der Waals surface area contributed by atoms with E-state index in [-0.39, 0.29) is 43.3 Å². The molecule has 0 heterocycles. The van der Waals surface area contributed by atoms with Gasteiger partial charge in [0.1, 0.15) is 18.5 Å². The van der Waals surface area contributed by atoms with E-state index >= 15 is 0 Å². The summed E-state index contributed by atoms with van der Waals surface area (Å²) in [5, 5.41) is 23.8. The summed E-state index contributed by atoms with van der Waals surface area (Å²) in [6.45, 7) is -0.0982. The maximum atomic E-state index is 14.1. The van der Waals surface area contributed by atoms with Crippen molar-refractivity contribution in [3.63, 3.8) is 0 Å². The minimum atomic E-state index is -1.09. The predicted molar refractivity (Wildman–Crippen MR) is 158 cm³/mol. The normalized spacial score (nSPS) is 24.1. The monoisotopic (exact) mass is 668 g/mol. The molecule has 4 rings (SSSR count). The van der Waals surface area contributed by atoms with Crippen LogP contribution < -0.4 is 14.8 Å². The van der Waals surface area contributed by atoms with Gasteiger partial charge in [0.2, 0.25) is 11.8 Å². The number of hydrogen-bond acceptors (Lipinski definition) is 7. The Hall–Kier alpha value is -2.18. The molecule has 2 fully saturated rings. The van der Waals surface area contributed by atoms with Crippen molar-refractivity contribution in [1.29, 1.82) is 0 Å². The van der Waals surface area contributed by atoms with E-state index < -0.39 is 18.2 Å². The van der Waals surface area contributed by atoms with Crippen molar-refractivity contribution in [1.82, 2.24) is 10.2 Å². The predicted octanol–water partition coefficient (Wildman–Crippen LogP) is 3.77. The molecule has 0 bridgehead atoms. The van der Waals surface area contributed by atoms with Gasteiger partial charge in [0.25, 0.3) is 0 Å². The van der Waals surface area contributed by atoms with Crippen LogP contribution >= 0.6 is 22.6 Å². The van der Waals surface area contributed by atoms with Gasteiger partial charge in [0.15, 0.2) is 11.5 Å². The topological polar surface area (TPSA) is 125 Å². The van der Waals surface area contributed by atoms with Crippen LogP contribution in [-0.4, -0.2) is 77.8 Å². The third kappa shape index (κ3) is 7.17. The molecule has 10 heteroatoms. The van der Waals surface area contributed by atoms with Gasteiger partial charge in [-0.15, -0.1) is 0 Å². The highest BCUT2D eigenvalue weighted by molar-refractivity contribution is 14.1. The molecule has 2 saturated carbocycles. The lowest BCUT2D eigenvalue weighted by atomic mass is 9.85. The largest absolute Gasteiger partial charge is 0.493 e. The molecular weight excluding hydrogens is 627 g/mol. The first-order valence-electron chi connectivity index (χ1n) is 14.5. The minimum absolute atomic E-state index is 0.00250. The number of halogens is 1. The Morgan fingerprint density at radius 2 is 1.77 bits per heavy atom. The van der Waals surface area contributed by atoms with E-state index in [0.29, 0.717) is 26.2 Å². The molecule has 0 aliphatic heterocycles. The van der Waals surface area contributed by atoms with E-state index in [1.807, 2.05) is 4.90 Å². The lowest BCUT2D eigenvalue weighted by molar-refractivity contribution is -0.146. The number of hydrogen-bond donors (Lipinski definition) is 3. The zero-order valence-electron chi connectivity index (χ0n) is 23.1. The second-order valence-corrected chi connectivity index (χ2v) is 12.2. The number of aliphatic hydroxyl groups excluding tert-OH is 2. The summed E-state index contributed by atoms with van der Waals surface area (Å²) in [5.41, 5.74) is 0.835. The highest BCUT2D eigenvalue weighted by Crippen LogP contribution is 2.39. The number of aldehydes is 1. The molecular formula is C30H41IN2O7. The number of benzene rings is 1. The average Bonchev–Trinajstić information content (AvgIpc) is 3.38. The van der Waals surface area contributed by atoms with Gasteiger partial charge >= 0.3 is 0 Å². The van der Waals surface area contributed by atoms with Crippen molar-refractivity contribution >= 4 is 40.7 Å². The zero-order chi connectivity index (χ0) is 28.6. The fourth-order valence-electron chi connectivity index (χ4n) is 6.34. The first-order valence-corrected chi connectivity index (χ1v) is 15.5. The summed E-state index contributed by atoms with van der Waals surface area (Å²) in [7, 11) is 1.48. The number of carbonyl (C=O) groups is 3. The SMILES string of the molecule is COc1cc(C=O)cc(I)c1OC1C=C(C(=O)NCCO)CC(N(C(=O)C2CCCC2)C2CCCCCC2)C1O. The lowest BCUT2D eigenvalue weighted by Crippen LogP contribution is -2.59. The molecule has 3 aliphatic carbocycles. The Kier molecular flexibility index (Phi) is 11.3. The van der Waals surface area contributed by atoms with Crippen LogP contribution in [0.5, 0.6) is 11.5 Å². The van der Waals surface area contributed by atoms with Crippen LogP contribution in [0.25, 0.3) is 0 Å². The fourth-order valence-corrected chi connectivity index (χ4v) is 7.09. The molecule has 3 unspecified atom stereocenters. The minimum Gasteiger partial charge on any atom is -0.493 e. The van der Waals surface area contributed by atoms with Crippen LogP contribution in [0.2, 0.25) is 0 Å². The van der Waals surface area contributed by atoms with Gasteiger partial charge in [-0.1, -0.05) is 38.5 Å². The van der Waals surface area contributed by atoms with Crippen LogP contribution in [0.15, 0.2) is 23.8 Å². The van der Waals surface area contributed by atoms with Gasteiger partial charge in [-0.05, 0) is 66.5 Å². The number of aliphatic hydroxyl groups is 2. The number of methoxy groups -OCH3 is 1. The van der Waals surface area contributed by atoms with Gasteiger partial charge in [-0.3, -0.25) is 14.4 Å². The Morgan fingerprint density at radius 1 is 1.10 bits per heavy atom. The summed E-state index contributed by atoms with van der Waals surface area (Å²) < 4.78 is 12.5. The molecule has 0 saturated heterocycles. The maximum absolute atomic E-state index is 14.1. The molecule has 1 aromatic rings. The zero-order valence-corrected chi connectivity index (χ0v) is 25.3. The van der Waals surface area contributed by atoms with Crippen molar-refractivity contribution in [2.45, 2.75) is 94.9 Å². The number of nitrogens with one attached hydrogen (secondary N) is 1. The number of nitrogens with zero attached hydrogens (tertiary/aromatic N) is 1. The van der Waals surface area contributed by atoms with Crippen molar-refractivity contribution in [3.05, 3.63) is 32.9 Å². The summed E-state index contributed by atoms with van der Waals surface area (Å²) in [6.07, 6.45) is 10.3. The van der Waals surface area contributed by atoms with Crippen molar-refractivity contribution in [2.75, 3.05) is 20.3 Å². The number of amides is 2. The molecule has 9 nitrogen and oxygen atoms in total. The van der Waals surface area contributed by atoms with E-state index in [1.54, 1.807) is 18.2 Å². The molecule has 1 aromatic carbocycles. The average molecular weight is 669 g/mol. The second-order valence-electron chi connectivity index (χ2n) is 11.0. The summed E-state index contributed by atoms with van der Waals surface area (Å²) in [4.78, 5) is 40.6. The first kappa shape index (κ1) is 30.8. The molecule has 220 valence electrons. The number of rotatable bonds is 10. The molecule has 0 spiro atoms. The molecule has 0 radical (unpaired) electrons. The quantitative estimate of drug-likeness (QED) is 0.197. The van der Waals surface area contributed by atoms with Crippen LogP contribution in [-0.2, 0) is 9.59 Å². The van der Waals surface area contributed by atoms with Gasteiger partial charge in [0.05, 0.1) is 23.3 Å². The summed E-state index contributed by atoms with van der Waals surface area (Å²) in [6, 6.07) is 2.59. The second kappa shape index (κ2) is 14.6. The lowest BCUT2D eigenvalue weighted by Gasteiger charge is -2.45. The Morgan fingerprint density at radius 3 is 2.40 bits per heavy atom. The third-order valence-electron chi connectivity index (χ3n) is 8.39. The van der Waals surface area contributed by atoms with Crippen molar-refractivity contribution in [2.24, 2.45) is 5.92 Å². The van der Waals surface area contributed by atoms with E-state index in [1.165, 1.54) is 7.11 Å². The highest BCUT2D eigenvalue weighted by atomic mass is 127. The van der Waals surface area contributed by atoms with E-state index in [2.05, 4.69) is 27.9 Å². The molecule has 3 N–H and O–H groups in total.